The second kappa shape index (κ2) is 6.26. The fraction of sp³-hybridized carbons (Fsp3) is 0.133. The molecular weight excluding hydrogens is 331 g/mol. The SMILES string of the molecule is Cc1nc(C(F)(F)F)ccc1C(=O)Nc1ccc(C#N)c(Cl)c1. The third-order valence-corrected chi connectivity index (χ3v) is 3.28. The normalized spacial score (nSPS) is 11.0. The van der Waals surface area contributed by atoms with Crippen molar-refractivity contribution in [3.05, 3.63) is 57.9 Å². The lowest BCUT2D eigenvalue weighted by Gasteiger charge is -2.11. The summed E-state index contributed by atoms with van der Waals surface area (Å²) in [5.41, 5.74) is -0.529. The Bertz CT molecular complexity index is 813. The first kappa shape index (κ1) is 16.8. The maximum Gasteiger partial charge on any atom is 0.433 e. The van der Waals surface area contributed by atoms with Gasteiger partial charge in [-0.15, -0.1) is 0 Å². The van der Waals surface area contributed by atoms with E-state index in [4.69, 9.17) is 16.9 Å². The van der Waals surface area contributed by atoms with Crippen LogP contribution < -0.4 is 5.32 Å². The molecule has 0 fully saturated rings. The number of alkyl halides is 3. The average Bonchev–Trinajstić information content (AvgIpc) is 2.46. The first-order chi connectivity index (χ1) is 10.7. The summed E-state index contributed by atoms with van der Waals surface area (Å²) >= 11 is 5.85. The third kappa shape index (κ3) is 3.79. The standard InChI is InChI=1S/C15H9ClF3N3O/c1-8-11(4-5-13(21-8)15(17,18)19)14(23)22-10-3-2-9(7-20)12(16)6-10/h2-6H,1H3,(H,22,23). The fourth-order valence-electron chi connectivity index (χ4n) is 1.84. The van der Waals surface area contributed by atoms with E-state index in [1.807, 2.05) is 6.07 Å². The van der Waals surface area contributed by atoms with E-state index in [9.17, 15) is 18.0 Å². The van der Waals surface area contributed by atoms with Gasteiger partial charge < -0.3 is 5.32 Å². The highest BCUT2D eigenvalue weighted by Crippen LogP contribution is 2.28. The van der Waals surface area contributed by atoms with Crippen molar-refractivity contribution in [1.82, 2.24) is 4.98 Å². The number of nitriles is 1. The molecular formula is C15H9ClF3N3O. The molecule has 0 spiro atoms. The number of benzene rings is 1. The summed E-state index contributed by atoms with van der Waals surface area (Å²) in [4.78, 5) is 15.5. The molecule has 118 valence electrons. The molecule has 0 saturated carbocycles. The maximum atomic E-state index is 12.6. The van der Waals surface area contributed by atoms with Crippen molar-refractivity contribution in [2.45, 2.75) is 13.1 Å². The Labute approximate surface area is 134 Å². The van der Waals surface area contributed by atoms with Gasteiger partial charge in [-0.3, -0.25) is 4.79 Å². The van der Waals surface area contributed by atoms with Crippen LogP contribution in [0.3, 0.4) is 0 Å². The molecule has 1 heterocycles. The van der Waals surface area contributed by atoms with Gasteiger partial charge in [-0.05, 0) is 37.3 Å². The van der Waals surface area contributed by atoms with E-state index < -0.39 is 17.8 Å². The largest absolute Gasteiger partial charge is 0.433 e. The number of pyridine rings is 1. The molecule has 2 rings (SSSR count). The van der Waals surface area contributed by atoms with Gasteiger partial charge >= 0.3 is 6.18 Å². The molecule has 0 bridgehead atoms. The van der Waals surface area contributed by atoms with E-state index in [1.165, 1.54) is 25.1 Å². The number of nitrogens with zero attached hydrogens (tertiary/aromatic N) is 2. The van der Waals surface area contributed by atoms with Crippen molar-refractivity contribution in [1.29, 1.82) is 5.26 Å². The van der Waals surface area contributed by atoms with Crippen molar-refractivity contribution in [3.8, 4) is 6.07 Å². The van der Waals surface area contributed by atoms with Gasteiger partial charge in [-0.2, -0.15) is 18.4 Å². The number of carbonyl (C=O) groups excluding carboxylic acids is 1. The van der Waals surface area contributed by atoms with E-state index in [2.05, 4.69) is 10.3 Å². The van der Waals surface area contributed by atoms with Crippen molar-refractivity contribution in [3.63, 3.8) is 0 Å². The van der Waals surface area contributed by atoms with Crippen LogP contribution in [0.4, 0.5) is 18.9 Å². The minimum Gasteiger partial charge on any atom is -0.322 e. The van der Waals surface area contributed by atoms with Crippen LogP contribution in [0.1, 0.15) is 27.3 Å². The van der Waals surface area contributed by atoms with Crippen LogP contribution in [-0.2, 0) is 6.18 Å². The molecule has 23 heavy (non-hydrogen) atoms. The number of carbonyl (C=O) groups is 1. The van der Waals surface area contributed by atoms with Gasteiger partial charge in [0, 0.05) is 5.69 Å². The van der Waals surface area contributed by atoms with Gasteiger partial charge in [0.1, 0.15) is 11.8 Å². The Hall–Kier alpha value is -2.59. The molecule has 0 aliphatic heterocycles. The lowest BCUT2D eigenvalue weighted by Crippen LogP contribution is -2.16. The van der Waals surface area contributed by atoms with Crippen LogP contribution in [0, 0.1) is 18.3 Å². The lowest BCUT2D eigenvalue weighted by molar-refractivity contribution is -0.141. The van der Waals surface area contributed by atoms with E-state index in [1.54, 1.807) is 0 Å². The fourth-order valence-corrected chi connectivity index (χ4v) is 2.06. The number of aryl methyl sites for hydroxylation is 1. The Morgan fingerprint density at radius 3 is 2.52 bits per heavy atom. The summed E-state index contributed by atoms with van der Waals surface area (Å²) in [7, 11) is 0. The lowest BCUT2D eigenvalue weighted by atomic mass is 10.1. The molecule has 0 saturated heterocycles. The molecule has 1 aromatic heterocycles. The van der Waals surface area contributed by atoms with Crippen LogP contribution in [0.15, 0.2) is 30.3 Å². The highest BCUT2D eigenvalue weighted by atomic mass is 35.5. The zero-order valence-corrected chi connectivity index (χ0v) is 12.5. The molecule has 4 nitrogen and oxygen atoms in total. The second-order valence-corrected chi connectivity index (χ2v) is 4.99. The average molecular weight is 340 g/mol. The number of anilines is 1. The van der Waals surface area contributed by atoms with Gasteiger partial charge in [0.05, 0.1) is 21.8 Å². The summed E-state index contributed by atoms with van der Waals surface area (Å²) in [6, 6.07) is 7.95. The summed E-state index contributed by atoms with van der Waals surface area (Å²) in [5, 5.41) is 11.4. The first-order valence-corrected chi connectivity index (χ1v) is 6.66. The molecule has 0 atom stereocenters. The van der Waals surface area contributed by atoms with Crippen molar-refractivity contribution < 1.29 is 18.0 Å². The van der Waals surface area contributed by atoms with Crippen LogP contribution in [0.25, 0.3) is 0 Å². The van der Waals surface area contributed by atoms with Crippen molar-refractivity contribution in [2.75, 3.05) is 5.32 Å². The van der Waals surface area contributed by atoms with E-state index in [0.29, 0.717) is 5.69 Å². The van der Waals surface area contributed by atoms with Crippen LogP contribution in [0.5, 0.6) is 0 Å². The summed E-state index contributed by atoms with van der Waals surface area (Å²) in [6.07, 6.45) is -4.57. The molecule has 2 aromatic rings. The summed E-state index contributed by atoms with van der Waals surface area (Å²) in [6.45, 7) is 1.32. The van der Waals surface area contributed by atoms with E-state index >= 15 is 0 Å². The zero-order chi connectivity index (χ0) is 17.2. The molecule has 0 aliphatic carbocycles. The third-order valence-electron chi connectivity index (χ3n) is 2.97. The predicted molar refractivity (Wildman–Crippen MR) is 78.1 cm³/mol. The number of nitrogens with one attached hydrogen (secondary N) is 1. The topological polar surface area (TPSA) is 65.8 Å². The number of hydrogen-bond donors (Lipinski definition) is 1. The monoisotopic (exact) mass is 339 g/mol. The summed E-state index contributed by atoms with van der Waals surface area (Å²) in [5.74, 6) is -0.621. The van der Waals surface area contributed by atoms with Gasteiger partial charge in [0.15, 0.2) is 0 Å². The highest BCUT2D eigenvalue weighted by Gasteiger charge is 2.33. The van der Waals surface area contributed by atoms with Gasteiger partial charge in [-0.1, -0.05) is 11.6 Å². The Kier molecular flexibility index (Phi) is 4.57. The number of halogens is 4. The number of hydrogen-bond acceptors (Lipinski definition) is 3. The quantitative estimate of drug-likeness (QED) is 0.892. The molecule has 0 unspecified atom stereocenters. The first-order valence-electron chi connectivity index (χ1n) is 6.28. The van der Waals surface area contributed by atoms with E-state index in [0.717, 1.165) is 12.1 Å². The summed E-state index contributed by atoms with van der Waals surface area (Å²) < 4.78 is 37.7. The number of amides is 1. The molecule has 1 aromatic carbocycles. The smallest absolute Gasteiger partial charge is 0.322 e. The van der Waals surface area contributed by atoms with Crippen molar-refractivity contribution >= 4 is 23.2 Å². The van der Waals surface area contributed by atoms with Gasteiger partial charge in [0.2, 0.25) is 0 Å². The van der Waals surface area contributed by atoms with Gasteiger partial charge in [0.25, 0.3) is 5.91 Å². The molecule has 1 N–H and O–H groups in total. The Morgan fingerprint density at radius 2 is 2.00 bits per heavy atom. The van der Waals surface area contributed by atoms with Crippen molar-refractivity contribution in [2.24, 2.45) is 0 Å². The van der Waals surface area contributed by atoms with Crippen LogP contribution in [0.2, 0.25) is 5.02 Å². The molecule has 8 heteroatoms. The number of rotatable bonds is 2. The highest BCUT2D eigenvalue weighted by molar-refractivity contribution is 6.32. The second-order valence-electron chi connectivity index (χ2n) is 4.59. The molecule has 1 amide bonds. The number of aromatic nitrogens is 1. The molecule has 0 radical (unpaired) electrons. The minimum atomic E-state index is -4.57. The van der Waals surface area contributed by atoms with Crippen LogP contribution in [-0.4, -0.2) is 10.9 Å². The maximum absolute atomic E-state index is 12.6. The van der Waals surface area contributed by atoms with E-state index in [-0.39, 0.29) is 21.8 Å². The molecule has 0 aliphatic rings. The Morgan fingerprint density at radius 1 is 1.30 bits per heavy atom. The Balaban J connectivity index is 2.25. The minimum absolute atomic E-state index is 0.0125. The van der Waals surface area contributed by atoms with Crippen LogP contribution >= 0.6 is 11.6 Å². The predicted octanol–water partition coefficient (Wildman–Crippen LogP) is 4.19. The zero-order valence-electron chi connectivity index (χ0n) is 11.7. The van der Waals surface area contributed by atoms with Gasteiger partial charge in [-0.25, -0.2) is 4.98 Å².